The summed E-state index contributed by atoms with van der Waals surface area (Å²) in [6, 6.07) is 4.29. The average Bonchev–Trinajstić information content (AvgIpc) is 2.87. The number of aryl methyl sites for hydroxylation is 1. The number of ether oxygens (including phenoxy) is 1. The molecule has 1 heterocycles. The molecule has 0 spiro atoms. The van der Waals surface area contributed by atoms with E-state index in [2.05, 4.69) is 10.1 Å². The molecule has 2 aromatic rings. The van der Waals surface area contributed by atoms with Gasteiger partial charge in [-0.15, -0.1) is 0 Å². The predicted molar refractivity (Wildman–Crippen MR) is 72.5 cm³/mol. The highest BCUT2D eigenvalue weighted by atomic mass is 19.1. The number of nitrogens with two attached hydrogens (primary N) is 1. The Balaban J connectivity index is 2.11. The maximum atomic E-state index is 13.4. The molecule has 0 amide bonds. The van der Waals surface area contributed by atoms with Crippen LogP contribution in [0.25, 0.3) is 11.4 Å². The predicted octanol–water partition coefficient (Wildman–Crippen LogP) is 2.61. The Morgan fingerprint density at radius 1 is 1.40 bits per heavy atom. The normalized spacial score (nSPS) is 12.6. The van der Waals surface area contributed by atoms with E-state index in [-0.39, 0.29) is 11.9 Å². The van der Waals surface area contributed by atoms with Gasteiger partial charge >= 0.3 is 0 Å². The number of hydrogen-bond donors (Lipinski definition) is 1. The number of benzene rings is 1. The standard InChI is InChI=1S/C14H18FN3O2/c1-9-6-10(8-11(15)7-9)13-17-14(20-18-13)12(16)4-3-5-19-2/h6-8,12H,3-5,16H2,1-2H3. The molecule has 1 unspecified atom stereocenters. The summed E-state index contributed by atoms with van der Waals surface area (Å²) >= 11 is 0. The fourth-order valence-corrected chi connectivity index (χ4v) is 1.94. The number of rotatable bonds is 6. The second-order valence-corrected chi connectivity index (χ2v) is 4.71. The summed E-state index contributed by atoms with van der Waals surface area (Å²) < 4.78 is 23.5. The molecule has 2 rings (SSSR count). The largest absolute Gasteiger partial charge is 0.385 e. The van der Waals surface area contributed by atoms with Gasteiger partial charge in [-0.1, -0.05) is 5.16 Å². The van der Waals surface area contributed by atoms with Gasteiger partial charge in [-0.05, 0) is 43.5 Å². The van der Waals surface area contributed by atoms with Crippen molar-refractivity contribution in [3.05, 3.63) is 35.5 Å². The molecule has 1 atom stereocenters. The summed E-state index contributed by atoms with van der Waals surface area (Å²) in [6.45, 7) is 2.45. The molecule has 0 saturated carbocycles. The highest BCUT2D eigenvalue weighted by Crippen LogP contribution is 2.21. The minimum Gasteiger partial charge on any atom is -0.385 e. The number of halogens is 1. The van der Waals surface area contributed by atoms with Crippen LogP contribution in [-0.2, 0) is 4.74 Å². The lowest BCUT2D eigenvalue weighted by atomic mass is 10.1. The number of hydrogen-bond acceptors (Lipinski definition) is 5. The van der Waals surface area contributed by atoms with Crippen LogP contribution >= 0.6 is 0 Å². The monoisotopic (exact) mass is 279 g/mol. The van der Waals surface area contributed by atoms with Crippen molar-refractivity contribution in [3.63, 3.8) is 0 Å². The van der Waals surface area contributed by atoms with E-state index < -0.39 is 0 Å². The van der Waals surface area contributed by atoms with Crippen LogP contribution in [0.4, 0.5) is 4.39 Å². The molecule has 1 aromatic carbocycles. The lowest BCUT2D eigenvalue weighted by Gasteiger charge is -2.05. The molecule has 20 heavy (non-hydrogen) atoms. The molecule has 0 aliphatic heterocycles. The van der Waals surface area contributed by atoms with Gasteiger partial charge < -0.3 is 15.0 Å². The van der Waals surface area contributed by atoms with Crippen molar-refractivity contribution in [3.8, 4) is 11.4 Å². The molecule has 0 radical (unpaired) electrons. The summed E-state index contributed by atoms with van der Waals surface area (Å²) in [4.78, 5) is 4.23. The van der Waals surface area contributed by atoms with E-state index in [9.17, 15) is 4.39 Å². The Hall–Kier alpha value is -1.79. The Morgan fingerprint density at radius 2 is 2.20 bits per heavy atom. The molecule has 0 saturated heterocycles. The topological polar surface area (TPSA) is 74.2 Å². The Labute approximate surface area is 116 Å². The highest BCUT2D eigenvalue weighted by molar-refractivity contribution is 5.55. The smallest absolute Gasteiger partial charge is 0.243 e. The van der Waals surface area contributed by atoms with Crippen molar-refractivity contribution in [1.29, 1.82) is 0 Å². The van der Waals surface area contributed by atoms with E-state index in [1.807, 2.05) is 6.92 Å². The van der Waals surface area contributed by atoms with Crippen molar-refractivity contribution in [2.45, 2.75) is 25.8 Å². The fraction of sp³-hybridized carbons (Fsp3) is 0.429. The summed E-state index contributed by atoms with van der Waals surface area (Å²) in [5.74, 6) is 0.388. The van der Waals surface area contributed by atoms with Crippen molar-refractivity contribution in [1.82, 2.24) is 10.1 Å². The van der Waals surface area contributed by atoms with Crippen LogP contribution in [0.15, 0.2) is 22.7 Å². The minimum absolute atomic E-state index is 0.323. The first kappa shape index (κ1) is 14.6. The van der Waals surface area contributed by atoms with Gasteiger partial charge in [0.2, 0.25) is 11.7 Å². The SMILES string of the molecule is COCCCC(N)c1nc(-c2cc(C)cc(F)c2)no1. The summed E-state index contributed by atoms with van der Waals surface area (Å²) in [5, 5.41) is 3.85. The Kier molecular flexibility index (Phi) is 4.81. The molecule has 1 aromatic heterocycles. The van der Waals surface area contributed by atoms with Gasteiger partial charge in [0, 0.05) is 19.3 Å². The lowest BCUT2D eigenvalue weighted by molar-refractivity contribution is 0.188. The number of methoxy groups -OCH3 is 1. The van der Waals surface area contributed by atoms with E-state index >= 15 is 0 Å². The van der Waals surface area contributed by atoms with Crippen LogP contribution in [0.5, 0.6) is 0 Å². The minimum atomic E-state index is -0.332. The molecule has 2 N–H and O–H groups in total. The van der Waals surface area contributed by atoms with Crippen LogP contribution in [0.1, 0.15) is 30.3 Å². The van der Waals surface area contributed by atoms with Crippen molar-refractivity contribution >= 4 is 0 Å². The molecule has 5 nitrogen and oxygen atoms in total. The number of aromatic nitrogens is 2. The second-order valence-electron chi connectivity index (χ2n) is 4.71. The van der Waals surface area contributed by atoms with Gasteiger partial charge in [-0.3, -0.25) is 0 Å². The first-order valence-corrected chi connectivity index (χ1v) is 6.46. The zero-order chi connectivity index (χ0) is 14.5. The van der Waals surface area contributed by atoms with E-state index in [4.69, 9.17) is 15.0 Å². The molecule has 0 aliphatic rings. The lowest BCUT2D eigenvalue weighted by Crippen LogP contribution is -2.11. The van der Waals surface area contributed by atoms with Crippen molar-refractivity contribution in [2.75, 3.05) is 13.7 Å². The third kappa shape index (κ3) is 3.61. The van der Waals surface area contributed by atoms with Crippen LogP contribution in [0, 0.1) is 12.7 Å². The molecular formula is C14H18FN3O2. The zero-order valence-electron chi connectivity index (χ0n) is 11.6. The Bertz CT molecular complexity index is 551. The summed E-state index contributed by atoms with van der Waals surface area (Å²) in [7, 11) is 1.64. The average molecular weight is 279 g/mol. The van der Waals surface area contributed by atoms with Gasteiger partial charge in [0.05, 0.1) is 6.04 Å². The van der Waals surface area contributed by atoms with E-state index in [0.717, 1.165) is 12.0 Å². The van der Waals surface area contributed by atoms with Gasteiger partial charge in [-0.2, -0.15) is 4.98 Å². The maximum absolute atomic E-state index is 13.4. The van der Waals surface area contributed by atoms with Crippen LogP contribution < -0.4 is 5.73 Å². The first-order chi connectivity index (χ1) is 9.60. The molecule has 6 heteroatoms. The fourth-order valence-electron chi connectivity index (χ4n) is 1.94. The van der Waals surface area contributed by atoms with Crippen molar-refractivity contribution < 1.29 is 13.7 Å². The van der Waals surface area contributed by atoms with Gasteiger partial charge in [-0.25, -0.2) is 4.39 Å². The van der Waals surface area contributed by atoms with Crippen LogP contribution in [0.2, 0.25) is 0 Å². The Morgan fingerprint density at radius 3 is 2.90 bits per heavy atom. The molecule has 108 valence electrons. The second kappa shape index (κ2) is 6.58. The molecular weight excluding hydrogens is 261 g/mol. The third-order valence-corrected chi connectivity index (χ3v) is 2.92. The third-order valence-electron chi connectivity index (χ3n) is 2.92. The molecule has 0 aliphatic carbocycles. The quantitative estimate of drug-likeness (QED) is 0.823. The first-order valence-electron chi connectivity index (χ1n) is 6.46. The van der Waals surface area contributed by atoms with E-state index in [1.165, 1.54) is 12.1 Å². The summed E-state index contributed by atoms with van der Waals surface area (Å²) in [6.07, 6.45) is 1.51. The molecule has 0 fully saturated rings. The number of nitrogens with zero attached hydrogens (tertiary/aromatic N) is 2. The van der Waals surface area contributed by atoms with Crippen LogP contribution in [0.3, 0.4) is 0 Å². The van der Waals surface area contributed by atoms with Crippen LogP contribution in [-0.4, -0.2) is 23.9 Å². The zero-order valence-corrected chi connectivity index (χ0v) is 11.6. The summed E-state index contributed by atoms with van der Waals surface area (Å²) in [5.41, 5.74) is 7.35. The highest BCUT2D eigenvalue weighted by Gasteiger charge is 2.16. The van der Waals surface area contributed by atoms with E-state index in [1.54, 1.807) is 13.2 Å². The maximum Gasteiger partial charge on any atom is 0.243 e. The molecule has 0 bridgehead atoms. The van der Waals surface area contributed by atoms with E-state index in [0.29, 0.717) is 30.3 Å². The van der Waals surface area contributed by atoms with Gasteiger partial charge in [0.25, 0.3) is 0 Å². The van der Waals surface area contributed by atoms with Crippen molar-refractivity contribution in [2.24, 2.45) is 5.73 Å². The van der Waals surface area contributed by atoms with Gasteiger partial charge in [0.15, 0.2) is 0 Å². The van der Waals surface area contributed by atoms with Gasteiger partial charge in [0.1, 0.15) is 5.82 Å².